The van der Waals surface area contributed by atoms with Crippen LogP contribution in [0.5, 0.6) is 0 Å². The largest absolute Gasteiger partial charge is 0.465 e. The number of carbonyl (C=O) groups is 3. The third-order valence-corrected chi connectivity index (χ3v) is 5.09. The Morgan fingerprint density at radius 3 is 2.48 bits per heavy atom. The standard InChI is InChI=1S/C22H23FN2O4/c1-14-5-6-16(22(28)29-2)12-19(14)24-20(26)17-4-3-11-25(13-17)21(27)15-7-9-18(23)10-8-15/h5-10,12,17H,3-4,11,13H2,1-2H3,(H,24,26). The molecule has 1 saturated heterocycles. The molecule has 2 aromatic carbocycles. The fraction of sp³-hybridized carbons (Fsp3) is 0.318. The Bertz CT molecular complexity index is 927. The van der Waals surface area contributed by atoms with Gasteiger partial charge in [-0.05, 0) is 61.7 Å². The first-order chi connectivity index (χ1) is 13.9. The van der Waals surface area contributed by atoms with Crippen LogP contribution in [-0.2, 0) is 9.53 Å². The molecule has 6 nitrogen and oxygen atoms in total. The van der Waals surface area contributed by atoms with Crippen molar-refractivity contribution >= 4 is 23.5 Å². The van der Waals surface area contributed by atoms with Gasteiger partial charge in [0.25, 0.3) is 5.91 Å². The summed E-state index contributed by atoms with van der Waals surface area (Å²) in [6, 6.07) is 10.4. The van der Waals surface area contributed by atoms with Crippen LogP contribution in [0.1, 0.15) is 39.1 Å². The summed E-state index contributed by atoms with van der Waals surface area (Å²) in [6.45, 7) is 2.68. The Hall–Kier alpha value is -3.22. The van der Waals surface area contributed by atoms with Crippen LogP contribution in [0.25, 0.3) is 0 Å². The van der Waals surface area contributed by atoms with E-state index in [9.17, 15) is 18.8 Å². The van der Waals surface area contributed by atoms with Gasteiger partial charge in [0.2, 0.25) is 5.91 Å². The summed E-state index contributed by atoms with van der Waals surface area (Å²) in [5.41, 5.74) is 2.11. The minimum Gasteiger partial charge on any atom is -0.465 e. The summed E-state index contributed by atoms with van der Waals surface area (Å²) in [5, 5.41) is 2.87. The number of anilines is 1. The van der Waals surface area contributed by atoms with E-state index in [-0.39, 0.29) is 24.3 Å². The zero-order valence-corrected chi connectivity index (χ0v) is 16.4. The lowest BCUT2D eigenvalue weighted by Gasteiger charge is -2.32. The van der Waals surface area contributed by atoms with E-state index < -0.39 is 11.8 Å². The summed E-state index contributed by atoms with van der Waals surface area (Å²) in [4.78, 5) is 38.8. The lowest BCUT2D eigenvalue weighted by atomic mass is 9.96. The third-order valence-electron chi connectivity index (χ3n) is 5.09. The van der Waals surface area contributed by atoms with Crippen molar-refractivity contribution in [1.82, 2.24) is 4.90 Å². The first-order valence-electron chi connectivity index (χ1n) is 9.43. The minimum absolute atomic E-state index is 0.202. The highest BCUT2D eigenvalue weighted by Gasteiger charge is 2.29. The van der Waals surface area contributed by atoms with E-state index in [2.05, 4.69) is 5.32 Å². The normalized spacial score (nSPS) is 16.2. The number of amides is 2. The van der Waals surface area contributed by atoms with Gasteiger partial charge in [0.15, 0.2) is 0 Å². The average molecular weight is 398 g/mol. The molecule has 1 unspecified atom stereocenters. The molecule has 1 heterocycles. The third kappa shape index (κ3) is 4.80. The number of aryl methyl sites for hydroxylation is 1. The van der Waals surface area contributed by atoms with Crippen molar-refractivity contribution < 1.29 is 23.5 Å². The number of ether oxygens (including phenoxy) is 1. The molecule has 1 aliphatic heterocycles. The maximum absolute atomic E-state index is 13.1. The van der Waals surface area contributed by atoms with E-state index in [4.69, 9.17) is 4.74 Å². The molecule has 152 valence electrons. The molecule has 1 atom stereocenters. The molecule has 0 aliphatic carbocycles. The minimum atomic E-state index is -0.478. The summed E-state index contributed by atoms with van der Waals surface area (Å²) >= 11 is 0. The molecule has 2 aromatic rings. The van der Waals surface area contributed by atoms with Gasteiger partial charge in [-0.3, -0.25) is 9.59 Å². The van der Waals surface area contributed by atoms with Gasteiger partial charge >= 0.3 is 5.97 Å². The first kappa shape index (κ1) is 20.5. The summed E-state index contributed by atoms with van der Waals surface area (Å²) < 4.78 is 17.8. The van der Waals surface area contributed by atoms with E-state index in [1.807, 2.05) is 6.92 Å². The van der Waals surface area contributed by atoms with Crippen molar-refractivity contribution in [2.75, 3.05) is 25.5 Å². The second-order valence-electron chi connectivity index (χ2n) is 7.11. The van der Waals surface area contributed by atoms with Crippen molar-refractivity contribution in [3.05, 3.63) is 65.0 Å². The van der Waals surface area contributed by atoms with Gasteiger partial charge in [-0.15, -0.1) is 0 Å². The van der Waals surface area contributed by atoms with Crippen molar-refractivity contribution in [3.8, 4) is 0 Å². The van der Waals surface area contributed by atoms with Crippen molar-refractivity contribution in [2.24, 2.45) is 5.92 Å². The number of esters is 1. The van der Waals surface area contributed by atoms with Gasteiger partial charge in [-0.2, -0.15) is 0 Å². The predicted octanol–water partition coefficient (Wildman–Crippen LogP) is 3.41. The Morgan fingerprint density at radius 2 is 1.79 bits per heavy atom. The molecule has 1 aliphatic rings. The molecule has 1 N–H and O–H groups in total. The summed E-state index contributed by atoms with van der Waals surface area (Å²) in [6.07, 6.45) is 1.36. The van der Waals surface area contributed by atoms with Crippen LogP contribution in [-0.4, -0.2) is 42.9 Å². The number of hydrogen-bond acceptors (Lipinski definition) is 4. The lowest BCUT2D eigenvalue weighted by molar-refractivity contribution is -0.121. The number of rotatable bonds is 4. The van der Waals surface area contributed by atoms with Gasteiger partial charge in [-0.25, -0.2) is 9.18 Å². The van der Waals surface area contributed by atoms with Crippen molar-refractivity contribution in [2.45, 2.75) is 19.8 Å². The van der Waals surface area contributed by atoms with Crippen LogP contribution in [0.3, 0.4) is 0 Å². The van der Waals surface area contributed by atoms with Gasteiger partial charge in [0, 0.05) is 24.3 Å². The van der Waals surface area contributed by atoms with Gasteiger partial charge in [-0.1, -0.05) is 6.07 Å². The second-order valence-corrected chi connectivity index (χ2v) is 7.11. The fourth-order valence-corrected chi connectivity index (χ4v) is 3.39. The number of likely N-dealkylation sites (tertiary alicyclic amines) is 1. The molecular weight excluding hydrogens is 375 g/mol. The van der Waals surface area contributed by atoms with Crippen molar-refractivity contribution in [3.63, 3.8) is 0 Å². The number of methoxy groups -OCH3 is 1. The number of benzene rings is 2. The van der Waals surface area contributed by atoms with Crippen molar-refractivity contribution in [1.29, 1.82) is 0 Å². The zero-order chi connectivity index (χ0) is 21.0. The number of piperidine rings is 1. The number of nitrogens with zero attached hydrogens (tertiary/aromatic N) is 1. The first-order valence-corrected chi connectivity index (χ1v) is 9.43. The predicted molar refractivity (Wildman–Crippen MR) is 106 cm³/mol. The van der Waals surface area contributed by atoms with Gasteiger partial charge in [0.1, 0.15) is 5.82 Å². The number of carbonyl (C=O) groups excluding carboxylic acids is 3. The van der Waals surface area contributed by atoms with E-state index in [1.165, 1.54) is 31.4 Å². The molecule has 0 radical (unpaired) electrons. The molecule has 29 heavy (non-hydrogen) atoms. The van der Waals surface area contributed by atoms with Crippen LogP contribution in [0.2, 0.25) is 0 Å². The van der Waals surface area contributed by atoms with E-state index in [0.717, 1.165) is 5.56 Å². The Labute approximate surface area is 168 Å². The lowest BCUT2D eigenvalue weighted by Crippen LogP contribution is -2.43. The Balaban J connectivity index is 1.69. The molecule has 7 heteroatoms. The summed E-state index contributed by atoms with van der Waals surface area (Å²) in [5.74, 6) is -1.66. The highest BCUT2D eigenvalue weighted by Crippen LogP contribution is 2.23. The Kier molecular flexibility index (Phi) is 6.26. The maximum Gasteiger partial charge on any atom is 0.337 e. The van der Waals surface area contributed by atoms with Crippen LogP contribution >= 0.6 is 0 Å². The van der Waals surface area contributed by atoms with E-state index in [1.54, 1.807) is 23.1 Å². The molecule has 0 spiro atoms. The summed E-state index contributed by atoms with van der Waals surface area (Å²) in [7, 11) is 1.30. The topological polar surface area (TPSA) is 75.7 Å². The second kappa shape index (κ2) is 8.86. The Morgan fingerprint density at radius 1 is 1.10 bits per heavy atom. The molecule has 3 rings (SSSR count). The quantitative estimate of drug-likeness (QED) is 0.801. The van der Waals surface area contributed by atoms with E-state index >= 15 is 0 Å². The van der Waals surface area contributed by atoms with E-state index in [0.29, 0.717) is 36.2 Å². The molecule has 1 fully saturated rings. The SMILES string of the molecule is COC(=O)c1ccc(C)c(NC(=O)C2CCCN(C(=O)c3ccc(F)cc3)C2)c1. The average Bonchev–Trinajstić information content (AvgIpc) is 2.74. The molecule has 0 aromatic heterocycles. The van der Waals surface area contributed by atoms with Crippen LogP contribution in [0, 0.1) is 18.7 Å². The van der Waals surface area contributed by atoms with Crippen LogP contribution in [0.4, 0.5) is 10.1 Å². The maximum atomic E-state index is 13.1. The van der Waals surface area contributed by atoms with Crippen LogP contribution < -0.4 is 5.32 Å². The monoisotopic (exact) mass is 398 g/mol. The van der Waals surface area contributed by atoms with Crippen LogP contribution in [0.15, 0.2) is 42.5 Å². The zero-order valence-electron chi connectivity index (χ0n) is 16.4. The van der Waals surface area contributed by atoms with Gasteiger partial charge in [0.05, 0.1) is 18.6 Å². The molecule has 0 bridgehead atoms. The highest BCUT2D eigenvalue weighted by molar-refractivity contribution is 5.98. The molecular formula is C22H23FN2O4. The molecule has 0 saturated carbocycles. The number of halogens is 1. The number of hydrogen-bond donors (Lipinski definition) is 1. The number of nitrogens with one attached hydrogen (secondary N) is 1. The smallest absolute Gasteiger partial charge is 0.337 e. The highest BCUT2D eigenvalue weighted by atomic mass is 19.1. The van der Waals surface area contributed by atoms with Gasteiger partial charge < -0.3 is 15.0 Å². The molecule has 2 amide bonds. The fourth-order valence-electron chi connectivity index (χ4n) is 3.39.